The third-order valence-electron chi connectivity index (χ3n) is 7.22. The molecule has 0 heterocycles. The van der Waals surface area contributed by atoms with Gasteiger partial charge in [-0.3, -0.25) is 0 Å². The molecule has 158 valence electrons. The van der Waals surface area contributed by atoms with Gasteiger partial charge in [-0.2, -0.15) is 5.26 Å². The number of hydrogen-bond donors (Lipinski definition) is 0. The smallest absolute Gasteiger partial charge is 0.144 e. The van der Waals surface area contributed by atoms with Gasteiger partial charge in [0, 0.05) is 5.56 Å². The topological polar surface area (TPSA) is 23.8 Å². The summed E-state index contributed by atoms with van der Waals surface area (Å²) in [5.41, 5.74) is 1.53. The van der Waals surface area contributed by atoms with Crippen molar-refractivity contribution in [3.05, 3.63) is 58.4 Å². The summed E-state index contributed by atoms with van der Waals surface area (Å²) in [5, 5.41) is 8.86. The molecule has 3 atom stereocenters. The van der Waals surface area contributed by atoms with Crippen LogP contribution in [0.15, 0.2) is 24.3 Å². The molecule has 0 amide bonds. The van der Waals surface area contributed by atoms with Gasteiger partial charge in [0.25, 0.3) is 0 Å². The maximum Gasteiger partial charge on any atom is 0.144 e. The summed E-state index contributed by atoms with van der Waals surface area (Å²) in [7, 11) is 0. The van der Waals surface area contributed by atoms with Gasteiger partial charge in [0.1, 0.15) is 29.1 Å². The summed E-state index contributed by atoms with van der Waals surface area (Å²) in [6, 6.07) is 7.25. The van der Waals surface area contributed by atoms with Crippen LogP contribution in [-0.2, 0) is 6.42 Å². The van der Waals surface area contributed by atoms with E-state index in [-0.39, 0.29) is 16.9 Å². The second-order valence-electron chi connectivity index (χ2n) is 9.00. The van der Waals surface area contributed by atoms with E-state index in [1.807, 2.05) is 6.07 Å². The minimum absolute atomic E-state index is 0.144. The van der Waals surface area contributed by atoms with Crippen LogP contribution in [0, 0.1) is 40.6 Å². The average Bonchev–Trinajstić information content (AvgIpc) is 2.73. The van der Waals surface area contributed by atoms with E-state index < -0.39 is 17.2 Å². The highest BCUT2D eigenvalue weighted by Crippen LogP contribution is 2.49. The fraction of sp³-hybridized carbons (Fsp3) is 0.500. The zero-order valence-electron chi connectivity index (χ0n) is 17.5. The molecule has 1 saturated carbocycles. The first-order valence-corrected chi connectivity index (χ1v) is 11.2. The highest BCUT2D eigenvalue weighted by atomic mass is 19.1. The van der Waals surface area contributed by atoms with Crippen LogP contribution in [-0.4, -0.2) is 0 Å². The van der Waals surface area contributed by atoms with Crippen molar-refractivity contribution in [1.29, 1.82) is 5.26 Å². The zero-order valence-corrected chi connectivity index (χ0v) is 17.5. The van der Waals surface area contributed by atoms with Crippen molar-refractivity contribution in [2.24, 2.45) is 11.8 Å². The van der Waals surface area contributed by atoms with E-state index in [1.165, 1.54) is 44.6 Å². The molecule has 30 heavy (non-hydrogen) atoms. The number of nitriles is 1. The number of nitrogens with zero attached hydrogens (tertiary/aromatic N) is 1. The SMILES string of the molecule is CCCCCC1CCC2c3ccc(-c4cc(F)c(C#N)c(F)c4)c(F)c3CCC2C1. The number of fused-ring (bicyclic) bond motifs is 3. The summed E-state index contributed by atoms with van der Waals surface area (Å²) < 4.78 is 43.5. The number of rotatable bonds is 5. The lowest BCUT2D eigenvalue weighted by Gasteiger charge is -2.41. The molecule has 0 spiro atoms. The van der Waals surface area contributed by atoms with E-state index in [0.717, 1.165) is 36.5 Å². The summed E-state index contributed by atoms with van der Waals surface area (Å²) in [6.07, 6.45) is 10.4. The molecule has 2 aromatic carbocycles. The van der Waals surface area contributed by atoms with Gasteiger partial charge in [-0.1, -0.05) is 44.7 Å². The lowest BCUT2D eigenvalue weighted by molar-refractivity contribution is 0.198. The summed E-state index contributed by atoms with van der Waals surface area (Å²) in [4.78, 5) is 0. The highest BCUT2D eigenvalue weighted by Gasteiger charge is 2.36. The molecule has 0 bridgehead atoms. The van der Waals surface area contributed by atoms with E-state index in [4.69, 9.17) is 5.26 Å². The first-order chi connectivity index (χ1) is 14.5. The van der Waals surface area contributed by atoms with Crippen molar-refractivity contribution in [2.75, 3.05) is 0 Å². The average molecular weight is 412 g/mol. The summed E-state index contributed by atoms with van der Waals surface area (Å²) >= 11 is 0. The van der Waals surface area contributed by atoms with E-state index in [0.29, 0.717) is 23.8 Å². The van der Waals surface area contributed by atoms with Crippen LogP contribution in [0.5, 0.6) is 0 Å². The van der Waals surface area contributed by atoms with E-state index >= 15 is 4.39 Å². The molecule has 4 heteroatoms. The van der Waals surface area contributed by atoms with Crippen molar-refractivity contribution in [2.45, 2.75) is 70.6 Å². The monoisotopic (exact) mass is 411 g/mol. The van der Waals surface area contributed by atoms with Gasteiger partial charge >= 0.3 is 0 Å². The Morgan fingerprint density at radius 2 is 1.80 bits per heavy atom. The second kappa shape index (κ2) is 8.84. The van der Waals surface area contributed by atoms with Crippen LogP contribution < -0.4 is 0 Å². The van der Waals surface area contributed by atoms with E-state index in [1.54, 1.807) is 6.07 Å². The van der Waals surface area contributed by atoms with Crippen molar-refractivity contribution in [3.8, 4) is 17.2 Å². The Kier molecular flexibility index (Phi) is 6.18. The number of benzene rings is 2. The second-order valence-corrected chi connectivity index (χ2v) is 9.00. The van der Waals surface area contributed by atoms with Crippen LogP contribution in [0.25, 0.3) is 11.1 Å². The third-order valence-corrected chi connectivity index (χ3v) is 7.22. The molecule has 0 saturated heterocycles. The maximum absolute atomic E-state index is 15.4. The van der Waals surface area contributed by atoms with Crippen molar-refractivity contribution < 1.29 is 13.2 Å². The molecule has 2 aliphatic carbocycles. The first kappa shape index (κ1) is 21.0. The maximum atomic E-state index is 15.4. The number of hydrogen-bond acceptors (Lipinski definition) is 1. The molecule has 2 aromatic rings. The van der Waals surface area contributed by atoms with Gasteiger partial charge in [-0.05, 0) is 78.7 Å². The summed E-state index contributed by atoms with van der Waals surface area (Å²) in [6.45, 7) is 2.23. The van der Waals surface area contributed by atoms with Crippen molar-refractivity contribution in [1.82, 2.24) is 0 Å². The van der Waals surface area contributed by atoms with Crippen LogP contribution in [0.3, 0.4) is 0 Å². The predicted molar refractivity (Wildman–Crippen MR) is 113 cm³/mol. The number of halogens is 3. The van der Waals surface area contributed by atoms with Gasteiger partial charge in [0.15, 0.2) is 0 Å². The van der Waals surface area contributed by atoms with Crippen LogP contribution in [0.1, 0.15) is 80.9 Å². The minimum atomic E-state index is -0.953. The fourth-order valence-corrected chi connectivity index (χ4v) is 5.66. The first-order valence-electron chi connectivity index (χ1n) is 11.2. The van der Waals surface area contributed by atoms with Gasteiger partial charge in [0.05, 0.1) is 0 Å². The Balaban J connectivity index is 1.59. The Morgan fingerprint density at radius 1 is 1.03 bits per heavy atom. The molecule has 0 radical (unpaired) electrons. The Morgan fingerprint density at radius 3 is 2.50 bits per heavy atom. The molecule has 3 unspecified atom stereocenters. The number of unbranched alkanes of at least 4 members (excludes halogenated alkanes) is 2. The predicted octanol–water partition coefficient (Wildman–Crippen LogP) is 7.67. The van der Waals surface area contributed by atoms with Crippen LogP contribution >= 0.6 is 0 Å². The van der Waals surface area contributed by atoms with Gasteiger partial charge in [-0.25, -0.2) is 13.2 Å². The van der Waals surface area contributed by atoms with E-state index in [9.17, 15) is 8.78 Å². The molecule has 0 N–H and O–H groups in total. The van der Waals surface area contributed by atoms with Crippen LogP contribution in [0.2, 0.25) is 0 Å². The largest absolute Gasteiger partial charge is 0.206 e. The van der Waals surface area contributed by atoms with Gasteiger partial charge in [0.2, 0.25) is 0 Å². The van der Waals surface area contributed by atoms with Crippen molar-refractivity contribution >= 4 is 0 Å². The fourth-order valence-electron chi connectivity index (χ4n) is 5.66. The lowest BCUT2D eigenvalue weighted by Crippen LogP contribution is -2.28. The molecule has 1 fully saturated rings. The van der Waals surface area contributed by atoms with Crippen LogP contribution in [0.4, 0.5) is 13.2 Å². The van der Waals surface area contributed by atoms with Gasteiger partial charge < -0.3 is 0 Å². The molecule has 1 nitrogen and oxygen atoms in total. The molecule has 0 aromatic heterocycles. The molecular formula is C26H28F3N. The molecule has 0 aliphatic heterocycles. The normalized spacial score (nSPS) is 22.8. The minimum Gasteiger partial charge on any atom is -0.206 e. The lowest BCUT2D eigenvalue weighted by atomic mass is 9.64. The zero-order chi connectivity index (χ0) is 21.3. The standard InChI is InChI=1S/C26H28F3N/c1-2-3-4-5-16-6-8-19-17(12-16)7-9-22-21(19)11-10-20(26(22)29)18-13-24(27)23(15-30)25(28)14-18/h10-11,13-14,16-17,19H,2-9,12H2,1H3. The molecular weight excluding hydrogens is 383 g/mol. The van der Waals surface area contributed by atoms with Gasteiger partial charge in [-0.15, -0.1) is 0 Å². The van der Waals surface area contributed by atoms with E-state index in [2.05, 4.69) is 6.92 Å². The summed E-state index contributed by atoms with van der Waals surface area (Å²) in [5.74, 6) is -0.452. The van der Waals surface area contributed by atoms with Crippen molar-refractivity contribution in [3.63, 3.8) is 0 Å². The Labute approximate surface area is 176 Å². The molecule has 2 aliphatic rings. The highest BCUT2D eigenvalue weighted by molar-refractivity contribution is 5.67. The third kappa shape index (κ3) is 3.87. The molecule has 4 rings (SSSR count). The quantitative estimate of drug-likeness (QED) is 0.463. The Hall–Kier alpha value is -2.28. The Bertz CT molecular complexity index is 952.